The van der Waals surface area contributed by atoms with Crippen molar-refractivity contribution in [3.05, 3.63) is 28.8 Å². The molecule has 1 fully saturated rings. The highest BCUT2D eigenvalue weighted by molar-refractivity contribution is 6.33. The van der Waals surface area contributed by atoms with E-state index in [-0.39, 0.29) is 16.6 Å². The number of nitrogens with zero attached hydrogens (tertiary/aromatic N) is 1. The minimum absolute atomic E-state index is 0.0364. The number of urea groups is 1. The number of carbonyl (C=O) groups excluding carboxylic acids is 1. The van der Waals surface area contributed by atoms with Crippen LogP contribution in [-0.2, 0) is 0 Å². The van der Waals surface area contributed by atoms with E-state index in [1.54, 1.807) is 11.0 Å². The van der Waals surface area contributed by atoms with Crippen LogP contribution in [-0.4, -0.2) is 41.6 Å². The van der Waals surface area contributed by atoms with Crippen molar-refractivity contribution in [3.8, 4) is 0 Å². The van der Waals surface area contributed by atoms with Crippen LogP contribution in [0.15, 0.2) is 18.2 Å². The lowest BCUT2D eigenvalue weighted by molar-refractivity contribution is 0.0697. The van der Waals surface area contributed by atoms with Crippen LogP contribution in [0.2, 0.25) is 5.02 Å². The molecule has 0 bridgehead atoms. The summed E-state index contributed by atoms with van der Waals surface area (Å²) in [5.74, 6) is -0.795. The van der Waals surface area contributed by atoms with Crippen molar-refractivity contribution < 1.29 is 14.7 Å². The van der Waals surface area contributed by atoms with Crippen LogP contribution < -0.4 is 11.1 Å². The number of carbonyl (C=O) groups is 2. The average Bonchev–Trinajstić information content (AvgIpc) is 2.89. The Bertz CT molecular complexity index is 536. The van der Waals surface area contributed by atoms with Crippen LogP contribution in [0, 0.1) is 5.92 Å². The summed E-state index contributed by atoms with van der Waals surface area (Å²) in [6, 6.07) is 4.12. The SMILES string of the molecule is NCC1CCN(C(=O)Nc2ccc(Cl)c(C(=O)O)c2)C1. The fraction of sp³-hybridized carbons (Fsp3) is 0.385. The van der Waals surface area contributed by atoms with Crippen LogP contribution in [0.5, 0.6) is 0 Å². The number of hydrogen-bond donors (Lipinski definition) is 3. The Morgan fingerprint density at radius 2 is 2.25 bits per heavy atom. The van der Waals surface area contributed by atoms with E-state index in [4.69, 9.17) is 22.4 Å². The fourth-order valence-corrected chi connectivity index (χ4v) is 2.38. The van der Waals surface area contributed by atoms with E-state index in [0.717, 1.165) is 6.42 Å². The van der Waals surface area contributed by atoms with Gasteiger partial charge in [-0.1, -0.05) is 11.6 Å². The number of carboxylic acid groups (broad SMARTS) is 1. The second kappa shape index (κ2) is 6.11. The van der Waals surface area contributed by atoms with Crippen molar-refractivity contribution in [1.29, 1.82) is 0 Å². The number of nitrogens with one attached hydrogen (secondary N) is 1. The average molecular weight is 298 g/mol. The second-order valence-electron chi connectivity index (χ2n) is 4.77. The molecule has 1 aliphatic heterocycles. The Morgan fingerprint density at radius 3 is 2.85 bits per heavy atom. The van der Waals surface area contributed by atoms with E-state index in [2.05, 4.69) is 5.32 Å². The van der Waals surface area contributed by atoms with E-state index in [1.807, 2.05) is 0 Å². The molecule has 20 heavy (non-hydrogen) atoms. The third-order valence-electron chi connectivity index (χ3n) is 3.35. The Hall–Kier alpha value is -1.79. The van der Waals surface area contributed by atoms with Gasteiger partial charge in [0.1, 0.15) is 0 Å². The first kappa shape index (κ1) is 14.6. The summed E-state index contributed by atoms with van der Waals surface area (Å²) in [4.78, 5) is 24.7. The molecule has 0 aliphatic carbocycles. The Labute approximate surface area is 121 Å². The van der Waals surface area contributed by atoms with Gasteiger partial charge in [-0.15, -0.1) is 0 Å². The third kappa shape index (κ3) is 3.20. The molecular formula is C13H16ClN3O3. The molecule has 0 radical (unpaired) electrons. The maximum atomic E-state index is 12.0. The molecule has 1 saturated heterocycles. The summed E-state index contributed by atoms with van der Waals surface area (Å²) in [6.45, 7) is 1.85. The molecule has 2 rings (SSSR count). The molecule has 0 saturated carbocycles. The second-order valence-corrected chi connectivity index (χ2v) is 5.17. The first-order valence-corrected chi connectivity index (χ1v) is 6.68. The summed E-state index contributed by atoms with van der Waals surface area (Å²) in [5.41, 5.74) is 5.95. The number of amides is 2. The number of hydrogen-bond acceptors (Lipinski definition) is 3. The van der Waals surface area contributed by atoms with Crippen molar-refractivity contribution in [3.63, 3.8) is 0 Å². The van der Waals surface area contributed by atoms with E-state index in [0.29, 0.717) is 31.2 Å². The standard InChI is InChI=1S/C13H16ClN3O3/c14-11-2-1-9(5-10(11)12(18)19)16-13(20)17-4-3-8(6-15)7-17/h1-2,5,8H,3-4,6-7,15H2,(H,16,20)(H,18,19). The lowest BCUT2D eigenvalue weighted by Gasteiger charge is -2.17. The quantitative estimate of drug-likeness (QED) is 0.793. The number of anilines is 1. The van der Waals surface area contributed by atoms with E-state index in [9.17, 15) is 9.59 Å². The lowest BCUT2D eigenvalue weighted by atomic mass is 10.1. The summed E-state index contributed by atoms with van der Waals surface area (Å²) >= 11 is 5.77. The molecule has 1 aromatic carbocycles. The number of benzene rings is 1. The minimum atomic E-state index is -1.13. The maximum absolute atomic E-state index is 12.0. The van der Waals surface area contributed by atoms with Gasteiger partial charge in [0.2, 0.25) is 0 Å². The van der Waals surface area contributed by atoms with Gasteiger partial charge >= 0.3 is 12.0 Å². The zero-order valence-electron chi connectivity index (χ0n) is 10.8. The number of carboxylic acids is 1. The van der Waals surface area contributed by atoms with E-state index < -0.39 is 5.97 Å². The minimum Gasteiger partial charge on any atom is -0.478 e. The summed E-state index contributed by atoms with van der Waals surface area (Å²) < 4.78 is 0. The van der Waals surface area contributed by atoms with Gasteiger partial charge < -0.3 is 21.1 Å². The van der Waals surface area contributed by atoms with Gasteiger partial charge in [0, 0.05) is 18.8 Å². The Balaban J connectivity index is 2.05. The number of aromatic carboxylic acids is 1. The third-order valence-corrected chi connectivity index (χ3v) is 3.68. The van der Waals surface area contributed by atoms with Crippen LogP contribution in [0.3, 0.4) is 0 Å². The Morgan fingerprint density at radius 1 is 1.50 bits per heavy atom. The normalized spacial score (nSPS) is 18.1. The molecule has 0 spiro atoms. The Kier molecular flexibility index (Phi) is 4.46. The monoisotopic (exact) mass is 297 g/mol. The van der Waals surface area contributed by atoms with Gasteiger partial charge in [0.25, 0.3) is 0 Å². The van der Waals surface area contributed by atoms with E-state index in [1.165, 1.54) is 12.1 Å². The lowest BCUT2D eigenvalue weighted by Crippen LogP contribution is -2.33. The van der Waals surface area contributed by atoms with Crippen molar-refractivity contribution >= 4 is 29.3 Å². The molecule has 6 nitrogen and oxygen atoms in total. The molecule has 0 aromatic heterocycles. The fourth-order valence-electron chi connectivity index (χ4n) is 2.18. The largest absolute Gasteiger partial charge is 0.478 e. The van der Waals surface area contributed by atoms with Gasteiger partial charge in [-0.3, -0.25) is 0 Å². The zero-order chi connectivity index (χ0) is 14.7. The topological polar surface area (TPSA) is 95.7 Å². The van der Waals surface area contributed by atoms with Crippen molar-refractivity contribution in [2.45, 2.75) is 6.42 Å². The summed E-state index contributed by atoms with van der Waals surface area (Å²) in [5, 5.41) is 11.8. The van der Waals surface area contributed by atoms with Crippen LogP contribution in [0.25, 0.3) is 0 Å². The van der Waals surface area contributed by atoms with Crippen molar-refractivity contribution in [2.24, 2.45) is 11.7 Å². The highest BCUT2D eigenvalue weighted by atomic mass is 35.5. The number of halogens is 1. The van der Waals surface area contributed by atoms with Crippen LogP contribution >= 0.6 is 11.6 Å². The number of likely N-dealkylation sites (tertiary alicyclic amines) is 1. The predicted octanol–water partition coefficient (Wildman–Crippen LogP) is 1.85. The highest BCUT2D eigenvalue weighted by Gasteiger charge is 2.25. The zero-order valence-corrected chi connectivity index (χ0v) is 11.6. The molecule has 1 unspecified atom stereocenters. The predicted molar refractivity (Wildman–Crippen MR) is 76.2 cm³/mol. The van der Waals surface area contributed by atoms with Gasteiger partial charge in [0.15, 0.2) is 0 Å². The van der Waals surface area contributed by atoms with Crippen LogP contribution in [0.1, 0.15) is 16.8 Å². The summed E-state index contributed by atoms with van der Waals surface area (Å²) in [7, 11) is 0. The van der Waals surface area contributed by atoms with E-state index >= 15 is 0 Å². The molecule has 1 atom stereocenters. The highest BCUT2D eigenvalue weighted by Crippen LogP contribution is 2.22. The smallest absolute Gasteiger partial charge is 0.337 e. The molecule has 1 heterocycles. The van der Waals surface area contributed by atoms with Gasteiger partial charge in [0.05, 0.1) is 10.6 Å². The maximum Gasteiger partial charge on any atom is 0.337 e. The van der Waals surface area contributed by atoms with Gasteiger partial charge in [-0.2, -0.15) is 0 Å². The van der Waals surface area contributed by atoms with Crippen molar-refractivity contribution in [2.75, 3.05) is 25.0 Å². The molecule has 2 amide bonds. The number of nitrogens with two attached hydrogens (primary N) is 1. The molecule has 1 aliphatic rings. The van der Waals surface area contributed by atoms with Crippen molar-refractivity contribution in [1.82, 2.24) is 4.90 Å². The first-order chi connectivity index (χ1) is 9.51. The first-order valence-electron chi connectivity index (χ1n) is 6.30. The number of rotatable bonds is 3. The molecule has 108 valence electrons. The molecule has 7 heteroatoms. The van der Waals surface area contributed by atoms with Gasteiger partial charge in [-0.25, -0.2) is 9.59 Å². The summed E-state index contributed by atoms with van der Waals surface area (Å²) in [6.07, 6.45) is 0.894. The van der Waals surface area contributed by atoms with Crippen LogP contribution in [0.4, 0.5) is 10.5 Å². The molecule has 4 N–H and O–H groups in total. The molecule has 1 aromatic rings. The molecular weight excluding hydrogens is 282 g/mol. The van der Waals surface area contributed by atoms with Gasteiger partial charge in [-0.05, 0) is 37.1 Å².